The Bertz CT molecular complexity index is 324. The van der Waals surface area contributed by atoms with Gasteiger partial charge in [0.25, 0.3) is 0 Å². The second kappa shape index (κ2) is 5.75. The Kier molecular flexibility index (Phi) is 4.62. The molecule has 0 atom stereocenters. The van der Waals surface area contributed by atoms with E-state index in [9.17, 15) is 9.18 Å². The third-order valence-electron chi connectivity index (χ3n) is 1.90. The Morgan fingerprint density at radius 3 is 2.47 bits per heavy atom. The number of amides is 1. The zero-order chi connectivity index (χ0) is 11.3. The van der Waals surface area contributed by atoms with Crippen molar-refractivity contribution in [3.05, 3.63) is 30.1 Å². The summed E-state index contributed by atoms with van der Waals surface area (Å²) in [6.07, 6.45) is 0.509. The normalized spacial score (nSPS) is 10.1. The zero-order valence-corrected chi connectivity index (χ0v) is 9.68. The summed E-state index contributed by atoms with van der Waals surface area (Å²) in [5, 5.41) is 0. The first-order chi connectivity index (χ1) is 7.09. The number of hydrogen-bond donors (Lipinski definition) is 0. The highest BCUT2D eigenvalue weighted by Gasteiger charge is 2.03. The van der Waals surface area contributed by atoms with Gasteiger partial charge >= 0.3 is 0 Å². The molecule has 0 N–H and O–H groups in total. The molecule has 1 amide bonds. The van der Waals surface area contributed by atoms with Gasteiger partial charge in [-0.2, -0.15) is 0 Å². The summed E-state index contributed by atoms with van der Waals surface area (Å²) in [4.78, 5) is 13.8. The van der Waals surface area contributed by atoms with Crippen LogP contribution in [0.2, 0.25) is 0 Å². The fourth-order valence-corrected chi connectivity index (χ4v) is 1.85. The molecule has 0 spiro atoms. The van der Waals surface area contributed by atoms with Crippen LogP contribution in [0.4, 0.5) is 4.39 Å². The van der Waals surface area contributed by atoms with Crippen molar-refractivity contribution < 1.29 is 9.18 Å². The molecule has 0 heterocycles. The highest BCUT2D eigenvalue weighted by molar-refractivity contribution is 7.99. The molecule has 0 saturated carbocycles. The molecule has 1 aromatic rings. The maximum absolute atomic E-state index is 12.6. The van der Waals surface area contributed by atoms with Crippen molar-refractivity contribution in [2.24, 2.45) is 0 Å². The van der Waals surface area contributed by atoms with Gasteiger partial charge in [0.05, 0.1) is 0 Å². The van der Waals surface area contributed by atoms with Crippen LogP contribution in [-0.4, -0.2) is 30.7 Å². The number of hydrogen-bond acceptors (Lipinski definition) is 2. The number of benzene rings is 1. The molecule has 0 aliphatic carbocycles. The van der Waals surface area contributed by atoms with Gasteiger partial charge in [0, 0.05) is 31.2 Å². The second-order valence-electron chi connectivity index (χ2n) is 3.34. The van der Waals surface area contributed by atoms with E-state index in [4.69, 9.17) is 0 Å². The average molecular weight is 227 g/mol. The van der Waals surface area contributed by atoms with Gasteiger partial charge < -0.3 is 4.90 Å². The van der Waals surface area contributed by atoms with Gasteiger partial charge in [0.15, 0.2) is 0 Å². The standard InChI is InChI=1S/C11H14FNOS/c1-13(2)11(14)7-8-15-10-5-3-9(12)4-6-10/h3-6H,7-8H2,1-2H3. The smallest absolute Gasteiger partial charge is 0.222 e. The van der Waals surface area contributed by atoms with E-state index in [2.05, 4.69) is 0 Å². The summed E-state index contributed by atoms with van der Waals surface area (Å²) in [5.41, 5.74) is 0. The number of rotatable bonds is 4. The number of thioether (sulfide) groups is 1. The molecule has 0 radical (unpaired) electrons. The molecule has 0 aliphatic heterocycles. The summed E-state index contributed by atoms with van der Waals surface area (Å²) >= 11 is 1.56. The van der Waals surface area contributed by atoms with Gasteiger partial charge in [-0.25, -0.2) is 4.39 Å². The zero-order valence-electron chi connectivity index (χ0n) is 8.87. The van der Waals surface area contributed by atoms with Gasteiger partial charge in [-0.1, -0.05) is 0 Å². The van der Waals surface area contributed by atoms with Crippen LogP contribution in [0.3, 0.4) is 0 Å². The molecular formula is C11H14FNOS. The van der Waals surface area contributed by atoms with Crippen molar-refractivity contribution in [3.63, 3.8) is 0 Å². The molecular weight excluding hydrogens is 213 g/mol. The van der Waals surface area contributed by atoms with Crippen LogP contribution in [0.25, 0.3) is 0 Å². The Morgan fingerprint density at radius 2 is 1.93 bits per heavy atom. The van der Waals surface area contributed by atoms with Gasteiger partial charge in [-0.15, -0.1) is 11.8 Å². The molecule has 2 nitrogen and oxygen atoms in total. The third kappa shape index (κ3) is 4.34. The van der Waals surface area contributed by atoms with E-state index >= 15 is 0 Å². The highest BCUT2D eigenvalue weighted by atomic mass is 32.2. The van der Waals surface area contributed by atoms with E-state index < -0.39 is 0 Å². The molecule has 1 rings (SSSR count). The van der Waals surface area contributed by atoms with E-state index in [1.807, 2.05) is 0 Å². The van der Waals surface area contributed by atoms with Crippen LogP contribution in [0.15, 0.2) is 29.2 Å². The minimum absolute atomic E-state index is 0.115. The molecule has 82 valence electrons. The maximum Gasteiger partial charge on any atom is 0.222 e. The molecule has 0 aromatic heterocycles. The van der Waals surface area contributed by atoms with E-state index in [-0.39, 0.29) is 11.7 Å². The Morgan fingerprint density at radius 1 is 1.33 bits per heavy atom. The summed E-state index contributed by atoms with van der Waals surface area (Å²) in [6, 6.07) is 6.30. The number of carbonyl (C=O) groups excluding carboxylic acids is 1. The molecule has 0 saturated heterocycles. The Balaban J connectivity index is 2.32. The van der Waals surface area contributed by atoms with Crippen molar-refractivity contribution in [1.29, 1.82) is 0 Å². The van der Waals surface area contributed by atoms with Crippen LogP contribution in [0.1, 0.15) is 6.42 Å². The minimum Gasteiger partial charge on any atom is -0.349 e. The predicted molar refractivity (Wildman–Crippen MR) is 60.4 cm³/mol. The lowest BCUT2D eigenvalue weighted by atomic mass is 10.4. The van der Waals surface area contributed by atoms with E-state index in [1.165, 1.54) is 12.1 Å². The van der Waals surface area contributed by atoms with Crippen LogP contribution >= 0.6 is 11.8 Å². The number of carbonyl (C=O) groups is 1. The predicted octanol–water partition coefficient (Wildman–Crippen LogP) is 2.40. The van der Waals surface area contributed by atoms with E-state index in [0.29, 0.717) is 6.42 Å². The largest absolute Gasteiger partial charge is 0.349 e. The lowest BCUT2D eigenvalue weighted by molar-refractivity contribution is -0.128. The summed E-state index contributed by atoms with van der Waals surface area (Å²) < 4.78 is 12.6. The quantitative estimate of drug-likeness (QED) is 0.736. The minimum atomic E-state index is -0.233. The SMILES string of the molecule is CN(C)C(=O)CCSc1ccc(F)cc1. The molecule has 1 aromatic carbocycles. The first kappa shape index (κ1) is 12.0. The monoisotopic (exact) mass is 227 g/mol. The van der Waals surface area contributed by atoms with E-state index in [1.54, 1.807) is 42.9 Å². The van der Waals surface area contributed by atoms with Crippen LogP contribution < -0.4 is 0 Å². The van der Waals surface area contributed by atoms with E-state index in [0.717, 1.165) is 10.6 Å². The number of nitrogens with zero attached hydrogens (tertiary/aromatic N) is 1. The van der Waals surface area contributed by atoms with Crippen LogP contribution in [0, 0.1) is 5.82 Å². The van der Waals surface area contributed by atoms with Gasteiger partial charge in [-0.3, -0.25) is 4.79 Å². The third-order valence-corrected chi connectivity index (χ3v) is 2.91. The molecule has 4 heteroatoms. The molecule has 0 aliphatic rings. The van der Waals surface area contributed by atoms with Crippen molar-refractivity contribution in [2.45, 2.75) is 11.3 Å². The van der Waals surface area contributed by atoms with Crippen LogP contribution in [0.5, 0.6) is 0 Å². The Labute approximate surface area is 93.5 Å². The second-order valence-corrected chi connectivity index (χ2v) is 4.51. The summed E-state index contributed by atoms with van der Waals surface area (Å²) in [6.45, 7) is 0. The van der Waals surface area contributed by atoms with Crippen molar-refractivity contribution in [3.8, 4) is 0 Å². The molecule has 15 heavy (non-hydrogen) atoms. The fourth-order valence-electron chi connectivity index (χ4n) is 1.01. The molecule has 0 unspecified atom stereocenters. The number of halogens is 1. The fraction of sp³-hybridized carbons (Fsp3) is 0.364. The van der Waals surface area contributed by atoms with Gasteiger partial charge in [-0.05, 0) is 24.3 Å². The van der Waals surface area contributed by atoms with Crippen LogP contribution in [-0.2, 0) is 4.79 Å². The summed E-state index contributed by atoms with van der Waals surface area (Å²) in [5.74, 6) is 0.608. The van der Waals surface area contributed by atoms with Crippen molar-refractivity contribution >= 4 is 17.7 Å². The summed E-state index contributed by atoms with van der Waals surface area (Å²) in [7, 11) is 3.48. The first-order valence-corrected chi connectivity index (χ1v) is 5.66. The lowest BCUT2D eigenvalue weighted by Gasteiger charge is -2.09. The van der Waals surface area contributed by atoms with Gasteiger partial charge in [0.1, 0.15) is 5.82 Å². The van der Waals surface area contributed by atoms with Gasteiger partial charge in [0.2, 0.25) is 5.91 Å². The first-order valence-electron chi connectivity index (χ1n) is 4.68. The average Bonchev–Trinajstić information content (AvgIpc) is 2.20. The maximum atomic E-state index is 12.6. The lowest BCUT2D eigenvalue weighted by Crippen LogP contribution is -2.21. The highest BCUT2D eigenvalue weighted by Crippen LogP contribution is 2.18. The topological polar surface area (TPSA) is 20.3 Å². The molecule has 0 fully saturated rings. The van der Waals surface area contributed by atoms with Crippen molar-refractivity contribution in [2.75, 3.05) is 19.8 Å². The van der Waals surface area contributed by atoms with Crippen molar-refractivity contribution in [1.82, 2.24) is 4.90 Å². The Hall–Kier alpha value is -1.03. The molecule has 0 bridgehead atoms.